The van der Waals surface area contributed by atoms with Crippen LogP contribution in [0.5, 0.6) is 0 Å². The lowest BCUT2D eigenvalue weighted by Crippen LogP contribution is -2.35. The van der Waals surface area contributed by atoms with Gasteiger partial charge in [0.1, 0.15) is 5.69 Å². The van der Waals surface area contributed by atoms with Crippen LogP contribution in [0, 0.1) is 13.8 Å². The summed E-state index contributed by atoms with van der Waals surface area (Å²) in [5.74, 6) is -0.0563. The Morgan fingerprint density at radius 1 is 1.28 bits per heavy atom. The van der Waals surface area contributed by atoms with Gasteiger partial charge < -0.3 is 4.90 Å². The van der Waals surface area contributed by atoms with Gasteiger partial charge in [0, 0.05) is 25.3 Å². The maximum absolute atomic E-state index is 12.8. The van der Waals surface area contributed by atoms with Gasteiger partial charge in [0.25, 0.3) is 5.91 Å². The van der Waals surface area contributed by atoms with Gasteiger partial charge in [-0.05, 0) is 32.0 Å². The van der Waals surface area contributed by atoms with Gasteiger partial charge in [-0.1, -0.05) is 11.6 Å². The molecule has 134 valence electrons. The smallest absolute Gasteiger partial charge is 0.274 e. The number of halogens is 1. The third-order valence-electron chi connectivity index (χ3n) is 3.88. The molecule has 1 saturated heterocycles. The van der Waals surface area contributed by atoms with Gasteiger partial charge in [-0.15, -0.1) is 0 Å². The number of amides is 1. The lowest BCUT2D eigenvalue weighted by Gasteiger charge is -2.19. The van der Waals surface area contributed by atoms with E-state index in [0.29, 0.717) is 5.82 Å². The van der Waals surface area contributed by atoms with Crippen LogP contribution in [0.3, 0.4) is 0 Å². The first-order valence-corrected chi connectivity index (χ1v) is 9.77. The molecule has 0 bridgehead atoms. The molecule has 25 heavy (non-hydrogen) atoms. The molecule has 0 aliphatic carbocycles. The Balaban J connectivity index is 1.92. The van der Waals surface area contributed by atoms with Crippen molar-refractivity contribution in [3.8, 4) is 5.82 Å². The van der Waals surface area contributed by atoms with Gasteiger partial charge in [-0.2, -0.15) is 5.10 Å². The van der Waals surface area contributed by atoms with E-state index < -0.39 is 15.9 Å². The van der Waals surface area contributed by atoms with E-state index in [-0.39, 0.29) is 36.1 Å². The molecule has 1 aliphatic rings. The van der Waals surface area contributed by atoms with Crippen molar-refractivity contribution in [1.29, 1.82) is 0 Å². The van der Waals surface area contributed by atoms with Crippen molar-refractivity contribution in [2.24, 2.45) is 0 Å². The Morgan fingerprint density at radius 2 is 2.04 bits per heavy atom. The summed E-state index contributed by atoms with van der Waals surface area (Å²) in [5, 5.41) is 4.57. The molecule has 0 aromatic carbocycles. The molecule has 1 fully saturated rings. The highest BCUT2D eigenvalue weighted by atomic mass is 35.5. The van der Waals surface area contributed by atoms with Crippen LogP contribution < -0.4 is 4.72 Å². The predicted octanol–water partition coefficient (Wildman–Crippen LogP) is 0.913. The molecule has 1 aliphatic heterocycles. The number of carbonyl (C=O) groups excluding carboxylic acids is 1. The molecule has 3 heterocycles. The summed E-state index contributed by atoms with van der Waals surface area (Å²) in [5.41, 5.74) is 1.81. The molecular weight excluding hydrogens is 366 g/mol. The minimum absolute atomic E-state index is 0.0889. The Kier molecular flexibility index (Phi) is 4.81. The van der Waals surface area contributed by atoms with Crippen molar-refractivity contribution < 1.29 is 13.2 Å². The SMILES string of the molecule is Cc1cc(C)n(-c2ccc(Cl)c(C(=O)N3CCNS(=O)(=O)CC3)n2)n1. The zero-order valence-electron chi connectivity index (χ0n) is 13.9. The molecule has 2 aromatic rings. The second-order valence-corrected chi connectivity index (χ2v) is 8.18. The average Bonchev–Trinajstić information content (AvgIpc) is 2.77. The number of nitrogens with zero attached hydrogens (tertiary/aromatic N) is 4. The fraction of sp³-hybridized carbons (Fsp3) is 0.400. The zero-order valence-corrected chi connectivity index (χ0v) is 15.4. The van der Waals surface area contributed by atoms with Gasteiger partial charge >= 0.3 is 0 Å². The van der Waals surface area contributed by atoms with E-state index in [2.05, 4.69) is 14.8 Å². The number of hydrogen-bond donors (Lipinski definition) is 1. The monoisotopic (exact) mass is 383 g/mol. The number of aromatic nitrogens is 3. The second-order valence-electron chi connectivity index (χ2n) is 5.84. The van der Waals surface area contributed by atoms with Crippen molar-refractivity contribution in [3.05, 3.63) is 40.3 Å². The van der Waals surface area contributed by atoms with Crippen LogP contribution in [0.15, 0.2) is 18.2 Å². The summed E-state index contributed by atoms with van der Waals surface area (Å²) in [7, 11) is -3.34. The van der Waals surface area contributed by atoms with E-state index in [1.54, 1.807) is 16.8 Å². The predicted molar refractivity (Wildman–Crippen MR) is 93.5 cm³/mol. The Morgan fingerprint density at radius 3 is 2.72 bits per heavy atom. The molecule has 0 atom stereocenters. The number of carbonyl (C=O) groups is 1. The topological polar surface area (TPSA) is 97.2 Å². The van der Waals surface area contributed by atoms with Crippen molar-refractivity contribution in [3.63, 3.8) is 0 Å². The highest BCUT2D eigenvalue weighted by Gasteiger charge is 2.25. The van der Waals surface area contributed by atoms with Crippen LogP contribution in [-0.4, -0.2) is 59.4 Å². The number of aryl methyl sites for hydroxylation is 2. The first kappa shape index (κ1) is 17.8. The van der Waals surface area contributed by atoms with Crippen LogP contribution in [0.1, 0.15) is 21.9 Å². The number of pyridine rings is 1. The Hall–Kier alpha value is -1.97. The molecular formula is C15H18ClN5O3S. The molecule has 8 nitrogen and oxygen atoms in total. The number of hydrogen-bond acceptors (Lipinski definition) is 5. The number of sulfonamides is 1. The summed E-state index contributed by atoms with van der Waals surface area (Å²) in [4.78, 5) is 18.6. The largest absolute Gasteiger partial charge is 0.335 e. The van der Waals surface area contributed by atoms with Crippen LogP contribution in [0.25, 0.3) is 5.82 Å². The summed E-state index contributed by atoms with van der Waals surface area (Å²) >= 11 is 6.17. The van der Waals surface area contributed by atoms with Crippen molar-refractivity contribution in [2.75, 3.05) is 25.4 Å². The maximum atomic E-state index is 12.8. The molecule has 2 aromatic heterocycles. The van der Waals surface area contributed by atoms with Crippen molar-refractivity contribution >= 4 is 27.5 Å². The summed E-state index contributed by atoms with van der Waals surface area (Å²) < 4.78 is 27.3. The molecule has 3 rings (SSSR count). The van der Waals surface area contributed by atoms with E-state index in [1.807, 2.05) is 19.9 Å². The number of rotatable bonds is 2. The van der Waals surface area contributed by atoms with Gasteiger partial charge in [0.05, 0.1) is 16.5 Å². The average molecular weight is 384 g/mol. The lowest BCUT2D eigenvalue weighted by atomic mass is 10.3. The van der Waals surface area contributed by atoms with Crippen LogP contribution in [-0.2, 0) is 10.0 Å². The molecule has 0 radical (unpaired) electrons. The summed E-state index contributed by atoms with van der Waals surface area (Å²) in [6.07, 6.45) is 0. The van der Waals surface area contributed by atoms with E-state index >= 15 is 0 Å². The number of nitrogens with one attached hydrogen (secondary N) is 1. The maximum Gasteiger partial charge on any atom is 0.274 e. The highest BCUT2D eigenvalue weighted by molar-refractivity contribution is 7.89. The molecule has 1 amide bonds. The third-order valence-corrected chi connectivity index (χ3v) is 5.55. The van der Waals surface area contributed by atoms with Gasteiger partial charge in [-0.25, -0.2) is 22.8 Å². The van der Waals surface area contributed by atoms with E-state index in [1.165, 1.54) is 4.90 Å². The van der Waals surface area contributed by atoms with E-state index in [0.717, 1.165) is 11.4 Å². The summed E-state index contributed by atoms with van der Waals surface area (Å²) in [6, 6.07) is 5.19. The third kappa shape index (κ3) is 3.83. The van der Waals surface area contributed by atoms with Crippen LogP contribution >= 0.6 is 11.6 Å². The van der Waals surface area contributed by atoms with Gasteiger partial charge in [0.2, 0.25) is 10.0 Å². The zero-order chi connectivity index (χ0) is 18.2. The quantitative estimate of drug-likeness (QED) is 0.831. The molecule has 1 N–H and O–H groups in total. The van der Waals surface area contributed by atoms with Gasteiger partial charge in [0.15, 0.2) is 5.82 Å². The Bertz CT molecular complexity index is 925. The summed E-state index contributed by atoms with van der Waals surface area (Å²) in [6.45, 7) is 4.29. The van der Waals surface area contributed by atoms with Crippen molar-refractivity contribution in [2.45, 2.75) is 13.8 Å². The Labute approximate surface area is 150 Å². The minimum Gasteiger partial charge on any atom is -0.335 e. The van der Waals surface area contributed by atoms with Crippen LogP contribution in [0.4, 0.5) is 0 Å². The van der Waals surface area contributed by atoms with E-state index in [9.17, 15) is 13.2 Å². The fourth-order valence-electron chi connectivity index (χ4n) is 2.66. The van der Waals surface area contributed by atoms with Gasteiger partial charge in [-0.3, -0.25) is 4.79 Å². The molecule has 0 spiro atoms. The minimum atomic E-state index is -3.34. The molecule has 10 heteroatoms. The van der Waals surface area contributed by atoms with E-state index in [4.69, 9.17) is 11.6 Å². The highest BCUT2D eigenvalue weighted by Crippen LogP contribution is 2.19. The lowest BCUT2D eigenvalue weighted by molar-refractivity contribution is 0.0766. The van der Waals surface area contributed by atoms with Crippen LogP contribution in [0.2, 0.25) is 5.02 Å². The fourth-order valence-corrected chi connectivity index (χ4v) is 3.86. The standard InChI is InChI=1S/C15H18ClN5O3S/c1-10-9-11(2)21(19-10)13-4-3-12(16)14(18-13)15(22)20-6-5-17-25(23,24)8-7-20/h3-4,9,17H,5-8H2,1-2H3. The molecule has 0 saturated carbocycles. The normalized spacial score (nSPS) is 17.3. The van der Waals surface area contributed by atoms with Crippen molar-refractivity contribution in [1.82, 2.24) is 24.4 Å². The first-order chi connectivity index (χ1) is 11.8. The molecule has 0 unspecified atom stereocenters. The second kappa shape index (κ2) is 6.74. The first-order valence-electron chi connectivity index (χ1n) is 7.73.